The Kier molecular flexibility index (Phi) is 3.16. The van der Waals surface area contributed by atoms with E-state index in [4.69, 9.17) is 10.5 Å². The van der Waals surface area contributed by atoms with Crippen LogP contribution in [0.2, 0.25) is 0 Å². The molecule has 4 unspecified atom stereocenters. The first-order valence-corrected chi connectivity index (χ1v) is 7.08. The van der Waals surface area contributed by atoms with Crippen LogP contribution in [0.1, 0.15) is 44.8 Å². The van der Waals surface area contributed by atoms with Gasteiger partial charge in [-0.05, 0) is 39.2 Å². The molecule has 2 saturated heterocycles. The van der Waals surface area contributed by atoms with Crippen molar-refractivity contribution < 1.29 is 4.74 Å². The van der Waals surface area contributed by atoms with Crippen LogP contribution in [0.25, 0.3) is 0 Å². The average molecular weight is 249 g/mol. The number of nitrogens with two attached hydrogens (primary N) is 1. The third-order valence-corrected chi connectivity index (χ3v) is 4.34. The number of aromatic nitrogens is 2. The predicted molar refractivity (Wildman–Crippen MR) is 70.3 cm³/mol. The first kappa shape index (κ1) is 12.2. The number of rotatable bonds is 4. The van der Waals surface area contributed by atoms with Gasteiger partial charge in [0.25, 0.3) is 0 Å². The predicted octanol–water partition coefficient (Wildman–Crippen LogP) is 1.90. The zero-order chi connectivity index (χ0) is 12.7. The maximum atomic E-state index is 6.35. The van der Waals surface area contributed by atoms with E-state index in [-0.39, 0.29) is 6.04 Å². The fraction of sp³-hybridized carbons (Fsp3) is 0.786. The lowest BCUT2D eigenvalue weighted by Gasteiger charge is -2.24. The Morgan fingerprint density at radius 1 is 1.50 bits per heavy atom. The van der Waals surface area contributed by atoms with Gasteiger partial charge in [0.15, 0.2) is 0 Å². The molecule has 2 bridgehead atoms. The molecule has 2 aliphatic heterocycles. The standard InChI is InChI=1S/C14H23N3O/c1-9(2)17-6-5-10(16-17)7-13(15)12-8-11-3-4-14(12)18-11/h5-6,9,11-14H,3-4,7-8,15H2,1-2H3. The molecule has 0 saturated carbocycles. The SMILES string of the molecule is CC(C)n1ccc(CC(N)C2CC3CCC2O3)n1. The van der Waals surface area contributed by atoms with Crippen molar-refractivity contribution >= 4 is 0 Å². The van der Waals surface area contributed by atoms with E-state index in [0.29, 0.717) is 24.2 Å². The largest absolute Gasteiger partial charge is 0.375 e. The summed E-state index contributed by atoms with van der Waals surface area (Å²) in [7, 11) is 0. The third-order valence-electron chi connectivity index (χ3n) is 4.34. The molecule has 4 atom stereocenters. The number of hydrogen-bond acceptors (Lipinski definition) is 3. The molecular weight excluding hydrogens is 226 g/mol. The van der Waals surface area contributed by atoms with Crippen LogP contribution in [-0.2, 0) is 11.2 Å². The molecular formula is C14H23N3O. The third kappa shape index (κ3) is 2.19. The second-order valence-corrected chi connectivity index (χ2v) is 6.02. The first-order valence-electron chi connectivity index (χ1n) is 7.08. The Hall–Kier alpha value is -0.870. The summed E-state index contributed by atoms with van der Waals surface area (Å²) >= 11 is 0. The fourth-order valence-corrected chi connectivity index (χ4v) is 3.29. The van der Waals surface area contributed by atoms with Crippen molar-refractivity contribution in [1.29, 1.82) is 0 Å². The van der Waals surface area contributed by atoms with Crippen molar-refractivity contribution in [3.05, 3.63) is 18.0 Å². The van der Waals surface area contributed by atoms with Crippen LogP contribution in [0.4, 0.5) is 0 Å². The van der Waals surface area contributed by atoms with Gasteiger partial charge in [-0.2, -0.15) is 5.10 Å². The van der Waals surface area contributed by atoms with Crippen molar-refractivity contribution in [1.82, 2.24) is 9.78 Å². The quantitative estimate of drug-likeness (QED) is 0.886. The van der Waals surface area contributed by atoms with Crippen LogP contribution in [-0.4, -0.2) is 28.0 Å². The van der Waals surface area contributed by atoms with Crippen LogP contribution in [0.5, 0.6) is 0 Å². The van der Waals surface area contributed by atoms with E-state index in [9.17, 15) is 0 Å². The molecule has 0 radical (unpaired) electrons. The lowest BCUT2D eigenvalue weighted by atomic mass is 9.82. The molecule has 4 nitrogen and oxygen atoms in total. The molecule has 0 aliphatic carbocycles. The molecule has 0 spiro atoms. The van der Waals surface area contributed by atoms with E-state index in [1.54, 1.807) is 0 Å². The van der Waals surface area contributed by atoms with E-state index in [0.717, 1.165) is 18.5 Å². The van der Waals surface area contributed by atoms with Gasteiger partial charge < -0.3 is 10.5 Å². The maximum absolute atomic E-state index is 6.35. The highest BCUT2D eigenvalue weighted by molar-refractivity contribution is 5.05. The van der Waals surface area contributed by atoms with Gasteiger partial charge in [-0.25, -0.2) is 0 Å². The Balaban J connectivity index is 1.61. The lowest BCUT2D eigenvalue weighted by molar-refractivity contribution is 0.0884. The smallest absolute Gasteiger partial charge is 0.0640 e. The average Bonchev–Trinajstić information content (AvgIpc) is 3.03. The molecule has 0 aromatic carbocycles. The van der Waals surface area contributed by atoms with Gasteiger partial charge in [0, 0.05) is 30.6 Å². The van der Waals surface area contributed by atoms with E-state index < -0.39 is 0 Å². The Bertz CT molecular complexity index is 415. The molecule has 3 rings (SSSR count). The molecule has 18 heavy (non-hydrogen) atoms. The molecule has 2 aliphatic rings. The summed E-state index contributed by atoms with van der Waals surface area (Å²) in [6.07, 6.45) is 7.40. The zero-order valence-electron chi connectivity index (χ0n) is 11.2. The normalized spacial score (nSPS) is 32.3. The van der Waals surface area contributed by atoms with Crippen LogP contribution in [0, 0.1) is 5.92 Å². The number of ether oxygens (including phenoxy) is 1. The highest BCUT2D eigenvalue weighted by atomic mass is 16.5. The fourth-order valence-electron chi connectivity index (χ4n) is 3.29. The van der Waals surface area contributed by atoms with Crippen LogP contribution in [0.3, 0.4) is 0 Å². The summed E-state index contributed by atoms with van der Waals surface area (Å²) in [6, 6.07) is 2.70. The molecule has 100 valence electrons. The van der Waals surface area contributed by atoms with Crippen molar-refractivity contribution in [2.45, 2.75) is 63.8 Å². The van der Waals surface area contributed by atoms with Gasteiger partial charge in [-0.3, -0.25) is 4.68 Å². The summed E-state index contributed by atoms with van der Waals surface area (Å²) in [5.74, 6) is 0.535. The molecule has 4 heteroatoms. The van der Waals surface area contributed by atoms with Gasteiger partial charge in [0.2, 0.25) is 0 Å². The summed E-state index contributed by atoms with van der Waals surface area (Å²) in [4.78, 5) is 0. The number of hydrogen-bond donors (Lipinski definition) is 1. The molecule has 3 heterocycles. The Labute approximate surface area is 108 Å². The second-order valence-electron chi connectivity index (χ2n) is 6.02. The van der Waals surface area contributed by atoms with Crippen LogP contribution >= 0.6 is 0 Å². The second kappa shape index (κ2) is 4.67. The van der Waals surface area contributed by atoms with Crippen molar-refractivity contribution in [3.63, 3.8) is 0 Å². The molecule has 1 aromatic heterocycles. The minimum atomic E-state index is 0.191. The molecule has 2 N–H and O–H groups in total. The maximum Gasteiger partial charge on any atom is 0.0640 e. The Morgan fingerprint density at radius 2 is 2.33 bits per heavy atom. The summed E-state index contributed by atoms with van der Waals surface area (Å²) < 4.78 is 7.88. The number of nitrogens with zero attached hydrogens (tertiary/aromatic N) is 2. The van der Waals surface area contributed by atoms with Crippen molar-refractivity contribution in [3.8, 4) is 0 Å². The van der Waals surface area contributed by atoms with Crippen LogP contribution in [0.15, 0.2) is 12.3 Å². The van der Waals surface area contributed by atoms with E-state index in [2.05, 4.69) is 25.0 Å². The minimum Gasteiger partial charge on any atom is -0.375 e. The summed E-state index contributed by atoms with van der Waals surface area (Å²) in [5, 5.41) is 4.58. The van der Waals surface area contributed by atoms with Crippen LogP contribution < -0.4 is 5.73 Å². The molecule has 0 amide bonds. The first-order chi connectivity index (χ1) is 8.63. The van der Waals surface area contributed by atoms with E-state index in [1.165, 1.54) is 12.8 Å². The lowest BCUT2D eigenvalue weighted by Crippen LogP contribution is -2.38. The van der Waals surface area contributed by atoms with E-state index >= 15 is 0 Å². The summed E-state index contributed by atoms with van der Waals surface area (Å²) in [6.45, 7) is 4.28. The highest BCUT2D eigenvalue weighted by Crippen LogP contribution is 2.40. The topological polar surface area (TPSA) is 53.1 Å². The van der Waals surface area contributed by atoms with Gasteiger partial charge in [0.1, 0.15) is 0 Å². The monoisotopic (exact) mass is 249 g/mol. The highest BCUT2D eigenvalue weighted by Gasteiger charge is 2.43. The van der Waals surface area contributed by atoms with Crippen molar-refractivity contribution in [2.75, 3.05) is 0 Å². The van der Waals surface area contributed by atoms with Gasteiger partial charge >= 0.3 is 0 Å². The minimum absolute atomic E-state index is 0.191. The van der Waals surface area contributed by atoms with E-state index in [1.807, 2.05) is 10.9 Å². The molecule has 2 fully saturated rings. The molecule has 1 aromatic rings. The van der Waals surface area contributed by atoms with Gasteiger partial charge in [0.05, 0.1) is 17.9 Å². The van der Waals surface area contributed by atoms with Crippen molar-refractivity contribution in [2.24, 2.45) is 11.7 Å². The Morgan fingerprint density at radius 3 is 2.89 bits per heavy atom. The van der Waals surface area contributed by atoms with Gasteiger partial charge in [-0.1, -0.05) is 0 Å². The van der Waals surface area contributed by atoms with Gasteiger partial charge in [-0.15, -0.1) is 0 Å². The summed E-state index contributed by atoms with van der Waals surface area (Å²) in [5.41, 5.74) is 7.46. The number of fused-ring (bicyclic) bond motifs is 2. The zero-order valence-corrected chi connectivity index (χ0v) is 11.2.